The number of nitrogens with zero attached hydrogens (tertiary/aromatic N) is 1. The second-order valence-corrected chi connectivity index (χ2v) is 5.79. The average molecular weight is 224 g/mol. The van der Waals surface area contributed by atoms with Gasteiger partial charge >= 0.3 is 0 Å². The molecule has 1 aliphatic heterocycles. The number of hydrogen-bond acceptors (Lipinski definition) is 2. The zero-order valence-corrected chi connectivity index (χ0v) is 10.9. The molecule has 0 aromatic carbocycles. The van der Waals surface area contributed by atoms with Crippen molar-refractivity contribution in [2.75, 3.05) is 32.7 Å². The van der Waals surface area contributed by atoms with Crippen molar-refractivity contribution in [1.29, 1.82) is 0 Å². The third kappa shape index (κ3) is 3.21. The molecule has 0 aromatic heterocycles. The maximum Gasteiger partial charge on any atom is 0.00379 e. The van der Waals surface area contributed by atoms with Crippen LogP contribution in [0.1, 0.15) is 51.9 Å². The summed E-state index contributed by atoms with van der Waals surface area (Å²) in [6, 6.07) is 0. The summed E-state index contributed by atoms with van der Waals surface area (Å²) in [4.78, 5) is 2.75. The van der Waals surface area contributed by atoms with Gasteiger partial charge in [0.1, 0.15) is 0 Å². The summed E-state index contributed by atoms with van der Waals surface area (Å²) < 4.78 is 0. The van der Waals surface area contributed by atoms with Crippen LogP contribution < -0.4 is 5.32 Å². The van der Waals surface area contributed by atoms with Crippen LogP contribution >= 0.6 is 0 Å². The fourth-order valence-electron chi connectivity index (χ4n) is 3.47. The largest absolute Gasteiger partial charge is 0.317 e. The van der Waals surface area contributed by atoms with E-state index in [1.165, 1.54) is 77.7 Å². The van der Waals surface area contributed by atoms with E-state index in [0.29, 0.717) is 5.41 Å². The van der Waals surface area contributed by atoms with E-state index in [2.05, 4.69) is 17.1 Å². The molecule has 94 valence electrons. The topological polar surface area (TPSA) is 15.3 Å². The van der Waals surface area contributed by atoms with Crippen LogP contribution in [0.4, 0.5) is 0 Å². The lowest BCUT2D eigenvalue weighted by Crippen LogP contribution is -2.40. The molecule has 0 amide bonds. The van der Waals surface area contributed by atoms with E-state index in [1.807, 2.05) is 0 Å². The van der Waals surface area contributed by atoms with Gasteiger partial charge in [-0.25, -0.2) is 0 Å². The van der Waals surface area contributed by atoms with Crippen LogP contribution in [0.3, 0.4) is 0 Å². The third-order valence-electron chi connectivity index (χ3n) is 4.63. The van der Waals surface area contributed by atoms with Gasteiger partial charge in [0.2, 0.25) is 0 Å². The molecular weight excluding hydrogens is 196 g/mol. The van der Waals surface area contributed by atoms with Crippen LogP contribution in [-0.2, 0) is 0 Å². The van der Waals surface area contributed by atoms with Gasteiger partial charge in [-0.1, -0.05) is 19.8 Å². The molecule has 0 radical (unpaired) electrons. The lowest BCUT2D eigenvalue weighted by molar-refractivity contribution is 0.139. The van der Waals surface area contributed by atoms with Gasteiger partial charge in [-0.15, -0.1) is 0 Å². The molecule has 1 aliphatic carbocycles. The smallest absolute Gasteiger partial charge is 0.00379 e. The first-order chi connectivity index (χ1) is 7.85. The molecule has 1 saturated carbocycles. The predicted molar refractivity (Wildman–Crippen MR) is 69.7 cm³/mol. The molecule has 2 nitrogen and oxygen atoms in total. The summed E-state index contributed by atoms with van der Waals surface area (Å²) in [7, 11) is 0. The Kier molecular flexibility index (Phi) is 4.66. The zero-order valence-electron chi connectivity index (χ0n) is 10.9. The molecule has 0 spiro atoms. The lowest BCUT2D eigenvalue weighted by atomic mass is 9.82. The molecule has 1 saturated heterocycles. The van der Waals surface area contributed by atoms with Crippen molar-refractivity contribution in [3.05, 3.63) is 0 Å². The Bertz CT molecular complexity index is 189. The molecule has 0 unspecified atom stereocenters. The quantitative estimate of drug-likeness (QED) is 0.793. The van der Waals surface area contributed by atoms with Crippen LogP contribution in [0.25, 0.3) is 0 Å². The fraction of sp³-hybridized carbons (Fsp3) is 1.00. The standard InChI is InChI=1S/C14H28N2/c1-2-14(7-3-4-8-14)13-16-11-5-9-15-10-6-12-16/h15H,2-13H2,1H3. The van der Waals surface area contributed by atoms with Gasteiger partial charge in [-0.2, -0.15) is 0 Å². The minimum atomic E-state index is 0.687. The van der Waals surface area contributed by atoms with E-state index in [-0.39, 0.29) is 0 Å². The maximum atomic E-state index is 3.50. The molecule has 2 aliphatic rings. The molecular formula is C14H28N2. The second-order valence-electron chi connectivity index (χ2n) is 5.79. The highest BCUT2D eigenvalue weighted by Crippen LogP contribution is 2.41. The van der Waals surface area contributed by atoms with E-state index in [0.717, 1.165) is 0 Å². The Morgan fingerprint density at radius 2 is 1.62 bits per heavy atom. The van der Waals surface area contributed by atoms with E-state index in [9.17, 15) is 0 Å². The van der Waals surface area contributed by atoms with Gasteiger partial charge in [0.05, 0.1) is 0 Å². The Balaban J connectivity index is 1.85. The van der Waals surface area contributed by atoms with Crippen molar-refractivity contribution in [1.82, 2.24) is 10.2 Å². The van der Waals surface area contributed by atoms with Gasteiger partial charge in [0.15, 0.2) is 0 Å². The molecule has 1 heterocycles. The molecule has 2 heteroatoms. The van der Waals surface area contributed by atoms with Crippen molar-refractivity contribution < 1.29 is 0 Å². The molecule has 2 fully saturated rings. The Labute approximate surface area is 101 Å². The van der Waals surface area contributed by atoms with Crippen molar-refractivity contribution in [2.24, 2.45) is 5.41 Å². The molecule has 0 aromatic rings. The van der Waals surface area contributed by atoms with Gasteiger partial charge in [-0.3, -0.25) is 0 Å². The van der Waals surface area contributed by atoms with E-state index < -0.39 is 0 Å². The van der Waals surface area contributed by atoms with E-state index in [4.69, 9.17) is 0 Å². The summed E-state index contributed by atoms with van der Waals surface area (Å²) in [5.74, 6) is 0. The highest BCUT2D eigenvalue weighted by Gasteiger charge is 2.33. The van der Waals surface area contributed by atoms with Crippen molar-refractivity contribution in [3.8, 4) is 0 Å². The second kappa shape index (κ2) is 6.02. The Morgan fingerprint density at radius 3 is 2.19 bits per heavy atom. The van der Waals surface area contributed by atoms with Crippen LogP contribution in [0.2, 0.25) is 0 Å². The Hall–Kier alpha value is -0.0800. The fourth-order valence-corrected chi connectivity index (χ4v) is 3.47. The predicted octanol–water partition coefficient (Wildman–Crippen LogP) is 2.64. The Morgan fingerprint density at radius 1 is 1.00 bits per heavy atom. The highest BCUT2D eigenvalue weighted by atomic mass is 15.1. The van der Waals surface area contributed by atoms with Gasteiger partial charge in [-0.05, 0) is 63.7 Å². The summed E-state index contributed by atoms with van der Waals surface area (Å²) in [5, 5.41) is 3.50. The molecule has 16 heavy (non-hydrogen) atoms. The lowest BCUT2D eigenvalue weighted by Gasteiger charge is -2.35. The van der Waals surface area contributed by atoms with Crippen LogP contribution in [0, 0.1) is 5.41 Å². The zero-order chi connectivity index (χ0) is 11.3. The summed E-state index contributed by atoms with van der Waals surface area (Å²) >= 11 is 0. The molecule has 2 rings (SSSR count). The minimum Gasteiger partial charge on any atom is -0.317 e. The first-order valence-corrected chi connectivity index (χ1v) is 7.28. The first-order valence-electron chi connectivity index (χ1n) is 7.28. The van der Waals surface area contributed by atoms with Gasteiger partial charge in [0, 0.05) is 6.54 Å². The monoisotopic (exact) mass is 224 g/mol. The van der Waals surface area contributed by atoms with Crippen LogP contribution in [-0.4, -0.2) is 37.6 Å². The molecule has 0 bridgehead atoms. The summed E-state index contributed by atoms with van der Waals surface area (Å²) in [6.45, 7) is 8.84. The van der Waals surface area contributed by atoms with E-state index >= 15 is 0 Å². The minimum absolute atomic E-state index is 0.687. The van der Waals surface area contributed by atoms with Crippen molar-refractivity contribution in [3.63, 3.8) is 0 Å². The van der Waals surface area contributed by atoms with Gasteiger partial charge in [0.25, 0.3) is 0 Å². The first kappa shape index (κ1) is 12.4. The number of rotatable bonds is 3. The maximum absolute atomic E-state index is 3.50. The third-order valence-corrected chi connectivity index (χ3v) is 4.63. The van der Waals surface area contributed by atoms with Crippen molar-refractivity contribution in [2.45, 2.75) is 51.9 Å². The summed E-state index contributed by atoms with van der Waals surface area (Å²) in [6.07, 6.45) is 9.98. The van der Waals surface area contributed by atoms with Crippen LogP contribution in [0.15, 0.2) is 0 Å². The SMILES string of the molecule is CCC1(CN2CCCNCCC2)CCCC1. The van der Waals surface area contributed by atoms with Gasteiger partial charge < -0.3 is 10.2 Å². The van der Waals surface area contributed by atoms with Crippen molar-refractivity contribution >= 4 is 0 Å². The summed E-state index contributed by atoms with van der Waals surface area (Å²) in [5.41, 5.74) is 0.687. The average Bonchev–Trinajstić information content (AvgIpc) is 2.71. The highest BCUT2D eigenvalue weighted by molar-refractivity contribution is 4.86. The molecule has 1 N–H and O–H groups in total. The van der Waals surface area contributed by atoms with E-state index in [1.54, 1.807) is 0 Å². The normalized spacial score (nSPS) is 27.6. The molecule has 0 atom stereocenters. The number of hydrogen-bond donors (Lipinski definition) is 1. The van der Waals surface area contributed by atoms with Crippen LogP contribution in [0.5, 0.6) is 0 Å². The number of nitrogens with one attached hydrogen (secondary N) is 1.